The molecule has 0 aliphatic carbocycles. The Morgan fingerprint density at radius 1 is 1.31 bits per heavy atom. The van der Waals surface area contributed by atoms with Crippen molar-refractivity contribution in [1.29, 1.82) is 0 Å². The number of imide groups is 1. The van der Waals surface area contributed by atoms with Crippen molar-refractivity contribution in [2.45, 2.75) is 45.3 Å². The Hall–Kier alpha value is -4.07. The summed E-state index contributed by atoms with van der Waals surface area (Å²) in [5.41, 5.74) is 7.21. The van der Waals surface area contributed by atoms with Crippen molar-refractivity contribution in [3.05, 3.63) is 35.8 Å². The number of carbonyl (C=O) groups is 3. The number of ether oxygens (including phenoxy) is 1. The molecule has 11 nitrogen and oxygen atoms in total. The van der Waals surface area contributed by atoms with Crippen molar-refractivity contribution in [3.8, 4) is 17.1 Å². The largest absolute Gasteiger partial charge is 0.491 e. The maximum atomic E-state index is 13.1. The van der Waals surface area contributed by atoms with Crippen molar-refractivity contribution >= 4 is 29.4 Å². The van der Waals surface area contributed by atoms with Crippen molar-refractivity contribution in [3.63, 3.8) is 0 Å². The van der Waals surface area contributed by atoms with Gasteiger partial charge in [-0.05, 0) is 30.9 Å². The van der Waals surface area contributed by atoms with E-state index in [1.54, 1.807) is 6.20 Å². The van der Waals surface area contributed by atoms with Gasteiger partial charge >= 0.3 is 6.03 Å². The van der Waals surface area contributed by atoms with E-state index in [9.17, 15) is 14.4 Å². The Kier molecular flexibility index (Phi) is 5.59. The van der Waals surface area contributed by atoms with Crippen LogP contribution in [0, 0.1) is 12.5 Å². The zero-order valence-electron chi connectivity index (χ0n) is 19.7. The van der Waals surface area contributed by atoms with E-state index in [4.69, 9.17) is 22.0 Å². The SMILES string of the molecule is [C-]#[N+]CN1C(=O)C(C(C)C)N(c2cn3c(n2)-c2ccc(N4CCC[C@H]4C(N)=O)cc2OCC3)C1=O. The quantitative estimate of drug-likeness (QED) is 0.520. The van der Waals surface area contributed by atoms with Gasteiger partial charge in [0.2, 0.25) is 5.91 Å². The highest BCUT2D eigenvalue weighted by atomic mass is 16.5. The highest BCUT2D eigenvalue weighted by Gasteiger charge is 2.49. The maximum absolute atomic E-state index is 13.1. The topological polar surface area (TPSA) is 118 Å². The predicted molar refractivity (Wildman–Crippen MR) is 128 cm³/mol. The molecular formula is C24H27N7O4. The molecule has 5 rings (SSSR count). The zero-order chi connectivity index (χ0) is 24.9. The average Bonchev–Trinajstić information content (AvgIpc) is 3.50. The highest BCUT2D eigenvalue weighted by molar-refractivity contribution is 6.14. The summed E-state index contributed by atoms with van der Waals surface area (Å²) in [6, 6.07) is 4.14. The lowest BCUT2D eigenvalue weighted by molar-refractivity contribution is -0.127. The lowest BCUT2D eigenvalue weighted by Crippen LogP contribution is -2.40. The molecule has 0 saturated carbocycles. The number of primary amides is 1. The zero-order valence-corrected chi connectivity index (χ0v) is 19.7. The standard InChI is InChI=1S/C24H27N7O4/c1-14(2)20-23(33)30(13-26-3)24(34)31(20)19-12-28-9-10-35-18-11-15(6-7-16(18)22(28)27-19)29-8-4-5-17(29)21(25)32/h6-7,11-12,14,17,20H,4-5,8-10,13H2,1-2H3,(H2,25,32)/t17-,20?/m0/s1. The number of hydrogen-bond acceptors (Lipinski definition) is 6. The number of imidazole rings is 1. The summed E-state index contributed by atoms with van der Waals surface area (Å²) in [5, 5.41) is 0. The summed E-state index contributed by atoms with van der Waals surface area (Å²) < 4.78 is 7.93. The summed E-state index contributed by atoms with van der Waals surface area (Å²) >= 11 is 0. The van der Waals surface area contributed by atoms with E-state index in [0.717, 1.165) is 35.5 Å². The first-order chi connectivity index (χ1) is 16.8. The number of nitrogens with two attached hydrogens (primary N) is 1. The molecule has 2 N–H and O–H groups in total. The van der Waals surface area contributed by atoms with Crippen molar-refractivity contribution in [2.24, 2.45) is 11.7 Å². The molecule has 2 saturated heterocycles. The second kappa shape index (κ2) is 8.61. The minimum absolute atomic E-state index is 0.152. The minimum atomic E-state index is -0.720. The number of benzene rings is 1. The molecule has 4 heterocycles. The molecule has 1 aromatic carbocycles. The lowest BCUT2D eigenvalue weighted by atomic mass is 10.0. The number of amides is 4. The van der Waals surface area contributed by atoms with E-state index < -0.39 is 12.1 Å². The van der Waals surface area contributed by atoms with Crippen LogP contribution in [0.3, 0.4) is 0 Å². The van der Waals surface area contributed by atoms with E-state index in [2.05, 4.69) is 4.85 Å². The Morgan fingerprint density at radius 3 is 2.83 bits per heavy atom. The number of fused-ring (bicyclic) bond motifs is 3. The number of rotatable bonds is 5. The summed E-state index contributed by atoms with van der Waals surface area (Å²) in [5.74, 6) is 0.753. The van der Waals surface area contributed by atoms with Crippen LogP contribution < -0.4 is 20.3 Å². The molecule has 2 atom stereocenters. The molecule has 11 heteroatoms. The van der Waals surface area contributed by atoms with Crippen LogP contribution in [-0.2, 0) is 16.1 Å². The van der Waals surface area contributed by atoms with Gasteiger partial charge in [-0.3, -0.25) is 19.3 Å². The molecule has 3 aliphatic rings. The van der Waals surface area contributed by atoms with Crippen LogP contribution >= 0.6 is 0 Å². The van der Waals surface area contributed by atoms with Crippen LogP contribution in [0.15, 0.2) is 24.4 Å². The van der Waals surface area contributed by atoms with Crippen molar-refractivity contribution in [2.75, 3.05) is 29.6 Å². The molecule has 3 aliphatic heterocycles. The van der Waals surface area contributed by atoms with Gasteiger partial charge < -0.3 is 19.9 Å². The first-order valence-electron chi connectivity index (χ1n) is 11.7. The Balaban J connectivity index is 1.52. The number of carbonyl (C=O) groups excluding carboxylic acids is 3. The molecule has 1 aromatic heterocycles. The third-order valence-corrected chi connectivity index (χ3v) is 6.80. The molecule has 4 amide bonds. The summed E-state index contributed by atoms with van der Waals surface area (Å²) in [7, 11) is 0. The minimum Gasteiger partial charge on any atom is -0.491 e. The summed E-state index contributed by atoms with van der Waals surface area (Å²) in [6.07, 6.45) is 3.38. The lowest BCUT2D eigenvalue weighted by Gasteiger charge is -2.25. The van der Waals surface area contributed by atoms with Crippen LogP contribution in [0.1, 0.15) is 26.7 Å². The van der Waals surface area contributed by atoms with Gasteiger partial charge in [-0.1, -0.05) is 13.8 Å². The molecule has 35 heavy (non-hydrogen) atoms. The maximum Gasteiger partial charge on any atom is 0.339 e. The van der Waals surface area contributed by atoms with Gasteiger partial charge in [0.15, 0.2) is 5.82 Å². The van der Waals surface area contributed by atoms with Crippen molar-refractivity contribution < 1.29 is 19.1 Å². The number of hydrogen-bond donors (Lipinski definition) is 1. The van der Waals surface area contributed by atoms with Gasteiger partial charge in [0.25, 0.3) is 12.6 Å². The molecule has 182 valence electrons. The van der Waals surface area contributed by atoms with Crippen LogP contribution in [0.5, 0.6) is 5.75 Å². The van der Waals surface area contributed by atoms with Gasteiger partial charge in [0.05, 0.1) is 12.1 Å². The van der Waals surface area contributed by atoms with Gasteiger partial charge in [0, 0.05) is 24.5 Å². The molecule has 2 aromatic rings. The molecule has 0 spiro atoms. The van der Waals surface area contributed by atoms with E-state index in [1.165, 1.54) is 4.90 Å². The van der Waals surface area contributed by atoms with E-state index in [1.807, 2.05) is 41.5 Å². The first-order valence-corrected chi connectivity index (χ1v) is 11.7. The van der Waals surface area contributed by atoms with E-state index >= 15 is 0 Å². The first kappa shape index (κ1) is 22.7. The van der Waals surface area contributed by atoms with Gasteiger partial charge in [-0.15, -0.1) is 0 Å². The number of urea groups is 1. The molecule has 0 bridgehead atoms. The molecule has 2 fully saturated rings. The van der Waals surface area contributed by atoms with Crippen LogP contribution in [0.4, 0.5) is 16.3 Å². The smallest absolute Gasteiger partial charge is 0.339 e. The normalized spacial score (nSPS) is 21.6. The van der Waals surface area contributed by atoms with Gasteiger partial charge in [0.1, 0.15) is 30.3 Å². The Bertz CT molecular complexity index is 1250. The fraction of sp³-hybridized carbons (Fsp3) is 0.458. The van der Waals surface area contributed by atoms with Crippen LogP contribution in [0.2, 0.25) is 0 Å². The van der Waals surface area contributed by atoms with Gasteiger partial charge in [-0.2, -0.15) is 4.90 Å². The molecule has 0 radical (unpaired) electrons. The van der Waals surface area contributed by atoms with E-state index in [-0.39, 0.29) is 30.4 Å². The number of aromatic nitrogens is 2. The Morgan fingerprint density at radius 2 is 2.11 bits per heavy atom. The monoisotopic (exact) mass is 477 g/mol. The molecule has 1 unspecified atom stereocenters. The Labute approximate surface area is 202 Å². The summed E-state index contributed by atoms with van der Waals surface area (Å²) in [6.45, 7) is 12.2. The average molecular weight is 478 g/mol. The number of anilines is 2. The van der Waals surface area contributed by atoms with Crippen molar-refractivity contribution in [1.82, 2.24) is 14.5 Å². The van der Waals surface area contributed by atoms with Gasteiger partial charge in [-0.25, -0.2) is 16.4 Å². The highest BCUT2D eigenvalue weighted by Crippen LogP contribution is 2.39. The fourth-order valence-corrected chi connectivity index (χ4v) is 5.16. The number of nitrogens with zero attached hydrogens (tertiary/aromatic N) is 6. The second-order valence-electron chi connectivity index (χ2n) is 9.31. The molecular weight excluding hydrogens is 450 g/mol. The van der Waals surface area contributed by atoms with Crippen LogP contribution in [-0.4, -0.2) is 64.2 Å². The van der Waals surface area contributed by atoms with Crippen LogP contribution in [0.25, 0.3) is 16.2 Å². The summed E-state index contributed by atoms with van der Waals surface area (Å²) in [4.78, 5) is 50.2. The third kappa shape index (κ3) is 3.65. The fourth-order valence-electron chi connectivity index (χ4n) is 5.16. The second-order valence-corrected chi connectivity index (χ2v) is 9.31. The third-order valence-electron chi connectivity index (χ3n) is 6.80. The predicted octanol–water partition coefficient (Wildman–Crippen LogP) is 2.07. The van der Waals surface area contributed by atoms with E-state index in [0.29, 0.717) is 30.5 Å².